The summed E-state index contributed by atoms with van der Waals surface area (Å²) in [6.45, 7) is 4.18. The summed E-state index contributed by atoms with van der Waals surface area (Å²) in [6.07, 6.45) is 0. The average molecular weight is 184 g/mol. The van der Waals surface area contributed by atoms with Gasteiger partial charge in [0.15, 0.2) is 5.82 Å². The van der Waals surface area contributed by atoms with E-state index in [1.54, 1.807) is 14.0 Å². The molecule has 0 unspecified atom stereocenters. The molecule has 0 atom stereocenters. The number of aryl methyl sites for hydroxylation is 1. The zero-order valence-corrected chi connectivity index (χ0v) is 7.87. The van der Waals surface area contributed by atoms with Gasteiger partial charge in [0.1, 0.15) is 0 Å². The number of hydrogen-bond acceptors (Lipinski definition) is 4. The fourth-order valence-electron chi connectivity index (χ4n) is 0.678. The van der Waals surface area contributed by atoms with Gasteiger partial charge in [0.25, 0.3) is 0 Å². The van der Waals surface area contributed by atoms with E-state index in [0.717, 1.165) is 0 Å². The minimum Gasteiger partial charge on any atom is -0.328 e. The lowest BCUT2D eigenvalue weighted by molar-refractivity contribution is 0.223. The molecule has 1 N–H and O–H groups in total. The molecule has 0 saturated heterocycles. The fraction of sp³-hybridized carbons (Fsp3) is 0.571. The number of rotatable bonds is 2. The van der Waals surface area contributed by atoms with Gasteiger partial charge < -0.3 is 9.42 Å². The van der Waals surface area contributed by atoms with Crippen LogP contribution in [0.15, 0.2) is 4.52 Å². The molecule has 0 radical (unpaired) electrons. The summed E-state index contributed by atoms with van der Waals surface area (Å²) in [6, 6.07) is -0.131. The Hall–Kier alpha value is -1.59. The maximum Gasteiger partial charge on any atom is 0.329 e. The van der Waals surface area contributed by atoms with Crippen molar-refractivity contribution in [2.24, 2.45) is 0 Å². The van der Waals surface area contributed by atoms with E-state index in [1.165, 1.54) is 4.90 Å². The molecule has 13 heavy (non-hydrogen) atoms. The number of nitrogens with zero attached hydrogens (tertiary/aromatic N) is 3. The molecule has 0 aliphatic rings. The third kappa shape index (κ3) is 2.43. The monoisotopic (exact) mass is 184 g/mol. The first kappa shape index (κ1) is 9.50. The van der Waals surface area contributed by atoms with Crippen molar-refractivity contribution in [2.45, 2.75) is 13.8 Å². The fourth-order valence-corrected chi connectivity index (χ4v) is 0.678. The lowest BCUT2D eigenvalue weighted by atomic mass is 10.6. The van der Waals surface area contributed by atoms with Crippen LogP contribution < -0.4 is 5.32 Å². The van der Waals surface area contributed by atoms with Crippen LogP contribution in [0.3, 0.4) is 0 Å². The van der Waals surface area contributed by atoms with Crippen molar-refractivity contribution in [3.8, 4) is 0 Å². The molecule has 6 nitrogen and oxygen atoms in total. The van der Waals surface area contributed by atoms with Gasteiger partial charge in [-0.05, 0) is 13.8 Å². The van der Waals surface area contributed by atoms with Gasteiger partial charge in [0, 0.05) is 13.6 Å². The van der Waals surface area contributed by atoms with Gasteiger partial charge in [-0.15, -0.1) is 0 Å². The van der Waals surface area contributed by atoms with Crippen LogP contribution in [0.5, 0.6) is 0 Å². The Morgan fingerprint density at radius 2 is 2.38 bits per heavy atom. The average Bonchev–Trinajstić information content (AvgIpc) is 2.49. The summed E-state index contributed by atoms with van der Waals surface area (Å²) in [4.78, 5) is 16.6. The molecule has 0 aliphatic carbocycles. The highest BCUT2D eigenvalue weighted by Crippen LogP contribution is 2.02. The standard InChI is InChI=1S/C7H12N4O2/c1-4-11(3)7(12)9-6-8-5(2)10-13-6/h4H2,1-3H3,(H,8,9,10,12). The van der Waals surface area contributed by atoms with Crippen LogP contribution in [0.2, 0.25) is 0 Å². The first-order chi connectivity index (χ1) is 6.13. The number of carbonyl (C=O) groups is 1. The quantitative estimate of drug-likeness (QED) is 0.740. The maximum absolute atomic E-state index is 11.2. The Kier molecular flexibility index (Phi) is 2.84. The first-order valence-corrected chi connectivity index (χ1v) is 3.96. The normalized spacial score (nSPS) is 9.77. The van der Waals surface area contributed by atoms with E-state index in [0.29, 0.717) is 12.4 Å². The van der Waals surface area contributed by atoms with Gasteiger partial charge in [-0.3, -0.25) is 5.32 Å². The van der Waals surface area contributed by atoms with E-state index in [9.17, 15) is 4.79 Å². The van der Waals surface area contributed by atoms with Gasteiger partial charge >= 0.3 is 12.0 Å². The number of hydrogen-bond donors (Lipinski definition) is 1. The SMILES string of the molecule is CCN(C)C(=O)Nc1nc(C)no1. The van der Waals surface area contributed by atoms with E-state index in [2.05, 4.69) is 15.5 Å². The van der Waals surface area contributed by atoms with E-state index in [4.69, 9.17) is 4.52 Å². The number of amides is 2. The molecule has 0 fully saturated rings. The molecule has 72 valence electrons. The van der Waals surface area contributed by atoms with Crippen molar-refractivity contribution in [3.05, 3.63) is 5.82 Å². The first-order valence-electron chi connectivity index (χ1n) is 3.96. The molecule has 0 saturated carbocycles. The topological polar surface area (TPSA) is 71.3 Å². The van der Waals surface area contributed by atoms with Crippen LogP contribution in [0.1, 0.15) is 12.7 Å². The van der Waals surface area contributed by atoms with Crippen molar-refractivity contribution in [1.29, 1.82) is 0 Å². The van der Waals surface area contributed by atoms with Crippen LogP contribution in [0.25, 0.3) is 0 Å². The van der Waals surface area contributed by atoms with Crippen LogP contribution in [-0.4, -0.2) is 34.7 Å². The van der Waals surface area contributed by atoms with E-state index in [1.807, 2.05) is 6.92 Å². The highest BCUT2D eigenvalue weighted by molar-refractivity contribution is 5.86. The third-order valence-corrected chi connectivity index (χ3v) is 1.56. The Morgan fingerprint density at radius 3 is 2.85 bits per heavy atom. The lowest BCUT2D eigenvalue weighted by Gasteiger charge is -2.12. The highest BCUT2D eigenvalue weighted by atomic mass is 16.5. The molecule has 6 heteroatoms. The van der Waals surface area contributed by atoms with Gasteiger partial charge in [0.2, 0.25) is 0 Å². The molecule has 1 rings (SSSR count). The summed E-state index contributed by atoms with van der Waals surface area (Å²) >= 11 is 0. The molecule has 2 amide bonds. The van der Waals surface area contributed by atoms with Gasteiger partial charge in [-0.1, -0.05) is 5.16 Å². The summed E-state index contributed by atoms with van der Waals surface area (Å²) in [5.41, 5.74) is 0. The predicted molar refractivity (Wildman–Crippen MR) is 46.4 cm³/mol. The second-order valence-electron chi connectivity index (χ2n) is 2.59. The Balaban J connectivity index is 2.54. The van der Waals surface area contributed by atoms with Crippen molar-refractivity contribution in [2.75, 3.05) is 18.9 Å². The Labute approximate surface area is 75.9 Å². The predicted octanol–water partition coefficient (Wildman–Crippen LogP) is 0.862. The zero-order valence-electron chi connectivity index (χ0n) is 7.87. The van der Waals surface area contributed by atoms with Gasteiger partial charge in [-0.2, -0.15) is 4.98 Å². The van der Waals surface area contributed by atoms with Crippen LogP contribution in [-0.2, 0) is 0 Å². The Bertz CT molecular complexity index is 296. The van der Waals surface area contributed by atoms with Crippen LogP contribution in [0.4, 0.5) is 10.8 Å². The molecular weight excluding hydrogens is 172 g/mol. The summed E-state index contributed by atoms with van der Waals surface area (Å²) < 4.78 is 4.71. The molecule has 0 spiro atoms. The molecule has 1 aromatic rings. The maximum atomic E-state index is 11.2. The second-order valence-corrected chi connectivity index (χ2v) is 2.59. The summed E-state index contributed by atoms with van der Waals surface area (Å²) in [7, 11) is 1.68. The lowest BCUT2D eigenvalue weighted by Crippen LogP contribution is -2.31. The number of carbonyl (C=O) groups excluding carboxylic acids is 1. The summed E-state index contributed by atoms with van der Waals surface area (Å²) in [5, 5.41) is 6.00. The summed E-state index contributed by atoms with van der Waals surface area (Å²) in [5.74, 6) is 0.495. The van der Waals surface area contributed by atoms with Gasteiger partial charge in [0.05, 0.1) is 0 Å². The van der Waals surface area contributed by atoms with E-state index < -0.39 is 0 Å². The van der Waals surface area contributed by atoms with Crippen LogP contribution >= 0.6 is 0 Å². The minimum absolute atomic E-state index is 0.128. The second kappa shape index (κ2) is 3.88. The van der Waals surface area contributed by atoms with Crippen molar-refractivity contribution >= 4 is 12.0 Å². The van der Waals surface area contributed by atoms with Crippen LogP contribution in [0, 0.1) is 6.92 Å². The number of aromatic nitrogens is 2. The molecule has 1 heterocycles. The van der Waals surface area contributed by atoms with Gasteiger partial charge in [-0.25, -0.2) is 4.79 Å². The van der Waals surface area contributed by atoms with E-state index >= 15 is 0 Å². The van der Waals surface area contributed by atoms with E-state index in [-0.39, 0.29) is 12.0 Å². The molecule has 0 bridgehead atoms. The zero-order chi connectivity index (χ0) is 9.84. The third-order valence-electron chi connectivity index (χ3n) is 1.56. The smallest absolute Gasteiger partial charge is 0.328 e. The molecule has 1 aromatic heterocycles. The van der Waals surface area contributed by atoms with Crippen molar-refractivity contribution in [3.63, 3.8) is 0 Å². The molecule has 0 aliphatic heterocycles. The highest BCUT2D eigenvalue weighted by Gasteiger charge is 2.10. The number of urea groups is 1. The Morgan fingerprint density at radius 1 is 1.69 bits per heavy atom. The number of nitrogens with one attached hydrogen (secondary N) is 1. The van der Waals surface area contributed by atoms with Crippen molar-refractivity contribution in [1.82, 2.24) is 15.0 Å². The largest absolute Gasteiger partial charge is 0.329 e. The number of anilines is 1. The minimum atomic E-state index is -0.258. The molecular formula is C7H12N4O2. The van der Waals surface area contributed by atoms with Crippen molar-refractivity contribution < 1.29 is 9.32 Å². The molecule has 0 aromatic carbocycles.